The highest BCUT2D eigenvalue weighted by atomic mass is 16.5. The van der Waals surface area contributed by atoms with Crippen molar-refractivity contribution in [3.63, 3.8) is 0 Å². The van der Waals surface area contributed by atoms with Crippen molar-refractivity contribution in [2.45, 2.75) is 88.7 Å². The molecule has 1 saturated heterocycles. The maximum atomic E-state index is 12.1. The van der Waals surface area contributed by atoms with E-state index in [-0.39, 0.29) is 24.8 Å². The Bertz CT molecular complexity index is 716. The number of para-hydroxylation sites is 1. The number of benzene rings is 1. The molecule has 178 valence electrons. The van der Waals surface area contributed by atoms with E-state index >= 15 is 0 Å². The van der Waals surface area contributed by atoms with Gasteiger partial charge in [0.25, 0.3) is 0 Å². The van der Waals surface area contributed by atoms with E-state index in [9.17, 15) is 9.59 Å². The number of aliphatic carboxylic acids is 1. The number of rotatable bonds is 7. The van der Waals surface area contributed by atoms with Gasteiger partial charge in [-0.25, -0.2) is 9.59 Å². The second kappa shape index (κ2) is 13.3. The molecule has 1 unspecified atom stereocenters. The van der Waals surface area contributed by atoms with Gasteiger partial charge in [-0.2, -0.15) is 0 Å². The van der Waals surface area contributed by atoms with Gasteiger partial charge in [-0.1, -0.05) is 50.3 Å². The topological polar surface area (TPSA) is 94.1 Å². The van der Waals surface area contributed by atoms with Crippen molar-refractivity contribution in [1.29, 1.82) is 0 Å². The molecule has 1 aromatic rings. The van der Waals surface area contributed by atoms with Crippen molar-refractivity contribution in [3.8, 4) is 5.75 Å². The minimum atomic E-state index is -0.971. The molecule has 1 aliphatic carbocycles. The van der Waals surface area contributed by atoms with Gasteiger partial charge in [0.1, 0.15) is 5.75 Å². The number of carboxylic acids is 1. The van der Waals surface area contributed by atoms with Crippen LogP contribution in [0.4, 0.5) is 4.79 Å². The van der Waals surface area contributed by atoms with Crippen LogP contribution in [0.15, 0.2) is 24.3 Å². The van der Waals surface area contributed by atoms with Gasteiger partial charge in [-0.05, 0) is 56.1 Å². The maximum Gasteiger partial charge on any atom is 0.407 e. The van der Waals surface area contributed by atoms with Crippen molar-refractivity contribution in [1.82, 2.24) is 5.32 Å². The lowest BCUT2D eigenvalue weighted by Gasteiger charge is -2.31. The zero-order valence-electron chi connectivity index (χ0n) is 18.9. The molecule has 2 N–H and O–H groups in total. The van der Waals surface area contributed by atoms with Gasteiger partial charge >= 0.3 is 12.1 Å². The third-order valence-electron chi connectivity index (χ3n) is 6.42. The molecule has 1 saturated carbocycles. The van der Waals surface area contributed by atoms with Crippen LogP contribution >= 0.6 is 0 Å². The fourth-order valence-electron chi connectivity index (χ4n) is 4.65. The van der Waals surface area contributed by atoms with Gasteiger partial charge in [0.2, 0.25) is 0 Å². The molecule has 1 amide bonds. The number of amides is 1. The van der Waals surface area contributed by atoms with Crippen LogP contribution in [0.1, 0.15) is 82.1 Å². The minimum absolute atomic E-state index is 0.00945. The van der Waals surface area contributed by atoms with Crippen molar-refractivity contribution in [2.24, 2.45) is 0 Å². The second-order valence-electron chi connectivity index (χ2n) is 8.91. The van der Waals surface area contributed by atoms with E-state index in [1.165, 1.54) is 19.3 Å². The normalized spacial score (nSPS) is 25.5. The Labute approximate surface area is 190 Å². The molecule has 1 heterocycles. The molecule has 32 heavy (non-hydrogen) atoms. The highest BCUT2D eigenvalue weighted by Gasteiger charge is 2.26. The van der Waals surface area contributed by atoms with Gasteiger partial charge in [-0.3, -0.25) is 0 Å². The van der Waals surface area contributed by atoms with Crippen LogP contribution in [-0.2, 0) is 14.3 Å². The highest BCUT2D eigenvalue weighted by Crippen LogP contribution is 2.38. The Hall–Kier alpha value is -2.28. The van der Waals surface area contributed by atoms with E-state index < -0.39 is 5.97 Å². The summed E-state index contributed by atoms with van der Waals surface area (Å²) in [4.78, 5) is 22.9. The summed E-state index contributed by atoms with van der Waals surface area (Å²) < 4.78 is 17.0. The number of alkyl carbamates (subject to hydrolysis) is 1. The lowest BCUT2D eigenvalue weighted by molar-refractivity contribution is -0.139. The minimum Gasteiger partial charge on any atom is -0.482 e. The molecule has 7 heteroatoms. The number of cyclic esters (lactones) is 1. The van der Waals surface area contributed by atoms with E-state index in [0.717, 1.165) is 56.9 Å². The monoisotopic (exact) mass is 447 g/mol. The predicted molar refractivity (Wildman–Crippen MR) is 121 cm³/mol. The molecule has 2 fully saturated rings. The smallest absolute Gasteiger partial charge is 0.407 e. The van der Waals surface area contributed by atoms with Gasteiger partial charge in [0, 0.05) is 0 Å². The molecule has 1 aliphatic heterocycles. The highest BCUT2D eigenvalue weighted by molar-refractivity contribution is 5.68. The second-order valence-corrected chi connectivity index (χ2v) is 8.91. The quantitative estimate of drug-likeness (QED) is 0.609. The third kappa shape index (κ3) is 8.34. The van der Waals surface area contributed by atoms with Crippen molar-refractivity contribution in [2.75, 3.05) is 19.8 Å². The third-order valence-corrected chi connectivity index (χ3v) is 6.42. The first-order chi connectivity index (χ1) is 15.6. The Morgan fingerprint density at radius 1 is 1.00 bits per heavy atom. The summed E-state index contributed by atoms with van der Waals surface area (Å²) in [5.41, 5.74) is 1.08. The van der Waals surface area contributed by atoms with Gasteiger partial charge in [0.15, 0.2) is 6.61 Å². The zero-order valence-corrected chi connectivity index (χ0v) is 18.9. The lowest BCUT2D eigenvalue weighted by Crippen LogP contribution is -2.40. The lowest BCUT2D eigenvalue weighted by atomic mass is 9.82. The molecule has 1 atom stereocenters. The fraction of sp³-hybridized carbons (Fsp3) is 0.680. The maximum absolute atomic E-state index is 12.1. The number of hydrogen-bond donors (Lipinski definition) is 2. The van der Waals surface area contributed by atoms with E-state index in [1.807, 2.05) is 24.3 Å². The molecule has 2 aliphatic rings. The van der Waals surface area contributed by atoms with Crippen LogP contribution < -0.4 is 10.1 Å². The van der Waals surface area contributed by atoms with E-state index in [4.69, 9.17) is 19.3 Å². The molecular weight excluding hydrogens is 410 g/mol. The molecule has 0 spiro atoms. The van der Waals surface area contributed by atoms with Gasteiger partial charge < -0.3 is 24.6 Å². The number of nitrogens with one attached hydrogen (secondary N) is 1. The average molecular weight is 448 g/mol. The van der Waals surface area contributed by atoms with Crippen molar-refractivity contribution < 1.29 is 28.9 Å². The first-order valence-corrected chi connectivity index (χ1v) is 12.1. The largest absolute Gasteiger partial charge is 0.482 e. The number of hydrogen-bond acceptors (Lipinski definition) is 5. The molecular formula is C25H37NO6. The molecule has 1 aromatic carbocycles. The molecule has 0 radical (unpaired) electrons. The summed E-state index contributed by atoms with van der Waals surface area (Å²) in [6.45, 7) is 0.677. The standard InChI is InChI=1S/C25H37NO6/c27-24(28)18-32-23-11-7-6-10-22(23)19-12-14-21(15-13-19)31-17-20-9-5-3-1-2-4-8-16-30-25(29)26-20/h6-7,10-11,19-21H,1-5,8-9,12-18H2,(H,26,29)(H,27,28). The summed E-state index contributed by atoms with van der Waals surface area (Å²) in [6.07, 6.45) is 11.4. The van der Waals surface area contributed by atoms with E-state index in [1.54, 1.807) is 0 Å². The summed E-state index contributed by atoms with van der Waals surface area (Å²) in [6, 6.07) is 7.71. The molecule has 3 rings (SSSR count). The van der Waals surface area contributed by atoms with Gasteiger partial charge in [0.05, 0.1) is 25.4 Å². The fourth-order valence-corrected chi connectivity index (χ4v) is 4.65. The van der Waals surface area contributed by atoms with Crippen LogP contribution in [0.5, 0.6) is 5.75 Å². The van der Waals surface area contributed by atoms with Crippen LogP contribution in [0, 0.1) is 0 Å². The van der Waals surface area contributed by atoms with Crippen LogP contribution in [-0.4, -0.2) is 49.1 Å². The van der Waals surface area contributed by atoms with Crippen LogP contribution in [0.25, 0.3) is 0 Å². The Kier molecular flexibility index (Phi) is 10.1. The summed E-state index contributed by atoms with van der Waals surface area (Å²) in [5.74, 6) is 0.0330. The predicted octanol–water partition coefficient (Wildman–Crippen LogP) is 5.03. The van der Waals surface area contributed by atoms with Crippen LogP contribution in [0.3, 0.4) is 0 Å². The first-order valence-electron chi connectivity index (χ1n) is 12.1. The van der Waals surface area contributed by atoms with Crippen molar-refractivity contribution in [3.05, 3.63) is 29.8 Å². The summed E-state index contributed by atoms with van der Waals surface area (Å²) >= 11 is 0. The number of carbonyl (C=O) groups is 2. The number of carbonyl (C=O) groups excluding carboxylic acids is 1. The summed E-state index contributed by atoms with van der Waals surface area (Å²) in [5, 5.41) is 11.9. The average Bonchev–Trinajstić information content (AvgIpc) is 2.79. The Morgan fingerprint density at radius 3 is 2.50 bits per heavy atom. The van der Waals surface area contributed by atoms with Crippen molar-refractivity contribution >= 4 is 12.1 Å². The SMILES string of the molecule is O=C(O)COc1ccccc1C1CCC(OCC2CCCCCCCCOC(=O)N2)CC1. The number of ether oxygens (including phenoxy) is 3. The Balaban J connectivity index is 1.46. The molecule has 0 aromatic heterocycles. The summed E-state index contributed by atoms with van der Waals surface area (Å²) in [7, 11) is 0. The van der Waals surface area contributed by atoms with E-state index in [2.05, 4.69) is 5.32 Å². The molecule has 7 nitrogen and oxygen atoms in total. The molecule has 0 bridgehead atoms. The zero-order chi connectivity index (χ0) is 22.6. The number of carboxylic acid groups (broad SMARTS) is 1. The van der Waals surface area contributed by atoms with Gasteiger partial charge in [-0.15, -0.1) is 0 Å². The van der Waals surface area contributed by atoms with E-state index in [0.29, 0.717) is 24.9 Å². The van der Waals surface area contributed by atoms with Crippen LogP contribution in [0.2, 0.25) is 0 Å². The first kappa shape index (κ1) is 24.4. The Morgan fingerprint density at radius 2 is 1.72 bits per heavy atom.